The van der Waals surface area contributed by atoms with Crippen molar-refractivity contribution < 1.29 is 4.18 Å². The van der Waals surface area contributed by atoms with Crippen LogP contribution in [-0.2, 0) is 8.93 Å². The average molecular weight is 194 g/mol. The van der Waals surface area contributed by atoms with Gasteiger partial charge in [0.1, 0.15) is 0 Å². The molecule has 0 amide bonds. The maximum Gasteiger partial charge on any atom is 0.0670 e. The van der Waals surface area contributed by atoms with Gasteiger partial charge in [-0.25, -0.2) is 0 Å². The van der Waals surface area contributed by atoms with E-state index in [1.165, 1.54) is 24.8 Å². The van der Waals surface area contributed by atoms with Crippen molar-refractivity contribution in [3.8, 4) is 0 Å². The van der Waals surface area contributed by atoms with E-state index in [2.05, 4.69) is 30.3 Å². The summed E-state index contributed by atoms with van der Waals surface area (Å²) in [5.41, 5.74) is 1.41. The van der Waals surface area contributed by atoms with Gasteiger partial charge in [-0.3, -0.25) is 0 Å². The van der Waals surface area contributed by atoms with E-state index in [-0.39, 0.29) is 4.75 Å². The molecule has 13 heavy (non-hydrogen) atoms. The summed E-state index contributed by atoms with van der Waals surface area (Å²) in [5.74, 6) is 0. The summed E-state index contributed by atoms with van der Waals surface area (Å²) in [6.07, 6.45) is 3.82. The zero-order valence-electron chi connectivity index (χ0n) is 7.82. The van der Waals surface area contributed by atoms with E-state index in [0.717, 1.165) is 0 Å². The lowest BCUT2D eigenvalue weighted by molar-refractivity contribution is 0.344. The monoisotopic (exact) mass is 194 g/mol. The van der Waals surface area contributed by atoms with Crippen LogP contribution in [0.15, 0.2) is 30.3 Å². The van der Waals surface area contributed by atoms with Gasteiger partial charge in [0.15, 0.2) is 0 Å². The van der Waals surface area contributed by atoms with Crippen molar-refractivity contribution in [3.05, 3.63) is 35.9 Å². The van der Waals surface area contributed by atoms with Gasteiger partial charge in [0, 0.05) is 12.0 Å². The highest BCUT2D eigenvalue weighted by atomic mass is 32.2. The molecule has 0 radical (unpaired) electrons. The zero-order valence-corrected chi connectivity index (χ0v) is 8.64. The van der Waals surface area contributed by atoms with Crippen LogP contribution in [-0.4, -0.2) is 7.11 Å². The maximum absolute atomic E-state index is 5.22. The predicted molar refractivity (Wildman–Crippen MR) is 56.6 cm³/mol. The second kappa shape index (κ2) is 3.72. The highest BCUT2D eigenvalue weighted by molar-refractivity contribution is 7.95. The van der Waals surface area contributed by atoms with Crippen molar-refractivity contribution in [1.29, 1.82) is 0 Å². The van der Waals surface area contributed by atoms with Crippen LogP contribution in [0, 0.1) is 0 Å². The summed E-state index contributed by atoms with van der Waals surface area (Å²) in [4.78, 5) is 0. The molecule has 0 unspecified atom stereocenters. The van der Waals surface area contributed by atoms with Gasteiger partial charge in [-0.05, 0) is 24.8 Å². The van der Waals surface area contributed by atoms with E-state index in [0.29, 0.717) is 0 Å². The fraction of sp³-hybridized carbons (Fsp3) is 0.455. The fourth-order valence-electron chi connectivity index (χ4n) is 1.82. The Hall–Kier alpha value is -0.470. The van der Waals surface area contributed by atoms with E-state index in [1.807, 2.05) is 0 Å². The van der Waals surface area contributed by atoms with Crippen molar-refractivity contribution in [1.82, 2.24) is 0 Å². The predicted octanol–water partition coefficient (Wildman–Crippen LogP) is 3.36. The van der Waals surface area contributed by atoms with Gasteiger partial charge in [-0.2, -0.15) is 0 Å². The Kier molecular flexibility index (Phi) is 2.61. The van der Waals surface area contributed by atoms with Crippen molar-refractivity contribution in [2.75, 3.05) is 7.11 Å². The largest absolute Gasteiger partial charge is 0.318 e. The van der Waals surface area contributed by atoms with Crippen LogP contribution in [0.4, 0.5) is 0 Å². The molecule has 0 aromatic heterocycles. The third kappa shape index (κ3) is 1.61. The highest BCUT2D eigenvalue weighted by Crippen LogP contribution is 2.52. The summed E-state index contributed by atoms with van der Waals surface area (Å²) < 4.78 is 5.48. The molecule has 1 aliphatic carbocycles. The van der Waals surface area contributed by atoms with E-state index < -0.39 is 0 Å². The quantitative estimate of drug-likeness (QED) is 0.682. The molecule has 2 heteroatoms. The molecule has 2 rings (SSSR count). The maximum atomic E-state index is 5.22. The van der Waals surface area contributed by atoms with Crippen molar-refractivity contribution in [2.45, 2.75) is 24.0 Å². The van der Waals surface area contributed by atoms with Gasteiger partial charge >= 0.3 is 0 Å². The minimum Gasteiger partial charge on any atom is -0.318 e. The SMILES string of the molecule is COSC1(c2ccccc2)CCC1. The lowest BCUT2D eigenvalue weighted by Crippen LogP contribution is -2.30. The third-order valence-electron chi connectivity index (χ3n) is 2.70. The lowest BCUT2D eigenvalue weighted by Gasteiger charge is -2.40. The van der Waals surface area contributed by atoms with Crippen LogP contribution in [0.2, 0.25) is 0 Å². The van der Waals surface area contributed by atoms with E-state index >= 15 is 0 Å². The first kappa shape index (κ1) is 9.10. The molecular weight excluding hydrogens is 180 g/mol. The number of hydrogen-bond acceptors (Lipinski definition) is 2. The third-order valence-corrected chi connectivity index (χ3v) is 3.83. The molecule has 1 saturated carbocycles. The van der Waals surface area contributed by atoms with Gasteiger partial charge in [-0.1, -0.05) is 30.3 Å². The first-order valence-corrected chi connectivity index (χ1v) is 5.39. The Morgan fingerprint density at radius 3 is 2.38 bits per heavy atom. The van der Waals surface area contributed by atoms with E-state index in [9.17, 15) is 0 Å². The molecule has 1 fully saturated rings. The summed E-state index contributed by atoms with van der Waals surface area (Å²) in [5, 5.41) is 0. The molecule has 0 saturated heterocycles. The summed E-state index contributed by atoms with van der Waals surface area (Å²) in [6.45, 7) is 0. The Morgan fingerprint density at radius 1 is 1.23 bits per heavy atom. The van der Waals surface area contributed by atoms with Crippen molar-refractivity contribution in [2.24, 2.45) is 0 Å². The Balaban J connectivity index is 2.22. The van der Waals surface area contributed by atoms with Gasteiger partial charge in [0.2, 0.25) is 0 Å². The minimum absolute atomic E-state index is 0.260. The normalized spacial score (nSPS) is 19.5. The first-order chi connectivity index (χ1) is 6.37. The van der Waals surface area contributed by atoms with Crippen LogP contribution in [0.1, 0.15) is 24.8 Å². The summed E-state index contributed by atoms with van der Waals surface area (Å²) in [7, 11) is 1.76. The van der Waals surface area contributed by atoms with Crippen LogP contribution < -0.4 is 0 Å². The average Bonchev–Trinajstić information content (AvgIpc) is 2.13. The Bertz CT molecular complexity index is 267. The molecule has 70 valence electrons. The second-order valence-electron chi connectivity index (χ2n) is 3.46. The fourth-order valence-corrected chi connectivity index (χ4v) is 2.83. The molecule has 1 aromatic carbocycles. The van der Waals surface area contributed by atoms with Crippen LogP contribution in [0.5, 0.6) is 0 Å². The van der Waals surface area contributed by atoms with Gasteiger partial charge < -0.3 is 4.18 Å². The highest BCUT2D eigenvalue weighted by Gasteiger charge is 2.39. The van der Waals surface area contributed by atoms with Gasteiger partial charge in [-0.15, -0.1) is 0 Å². The molecular formula is C11H14OS. The topological polar surface area (TPSA) is 9.23 Å². The van der Waals surface area contributed by atoms with Gasteiger partial charge in [0.05, 0.1) is 11.9 Å². The number of hydrogen-bond donors (Lipinski definition) is 0. The molecule has 0 heterocycles. The Morgan fingerprint density at radius 2 is 1.92 bits per heavy atom. The second-order valence-corrected chi connectivity index (χ2v) is 4.75. The lowest BCUT2D eigenvalue weighted by atomic mass is 9.79. The molecule has 0 aliphatic heterocycles. The Labute approximate surface area is 83.7 Å². The van der Waals surface area contributed by atoms with Crippen molar-refractivity contribution in [3.63, 3.8) is 0 Å². The number of benzene rings is 1. The molecule has 1 aromatic rings. The van der Waals surface area contributed by atoms with E-state index in [1.54, 1.807) is 19.2 Å². The first-order valence-electron chi connectivity index (χ1n) is 4.65. The van der Waals surface area contributed by atoms with Gasteiger partial charge in [0.25, 0.3) is 0 Å². The van der Waals surface area contributed by atoms with Crippen LogP contribution in [0.3, 0.4) is 0 Å². The molecule has 0 N–H and O–H groups in total. The van der Waals surface area contributed by atoms with E-state index in [4.69, 9.17) is 4.18 Å². The summed E-state index contributed by atoms with van der Waals surface area (Å²) in [6, 6.07) is 10.7. The van der Waals surface area contributed by atoms with Crippen LogP contribution >= 0.6 is 12.0 Å². The standard InChI is InChI=1S/C11H14OS/c1-12-13-11(8-5-9-11)10-6-3-2-4-7-10/h2-4,6-7H,5,8-9H2,1H3. The molecule has 0 atom stereocenters. The van der Waals surface area contributed by atoms with Crippen molar-refractivity contribution >= 4 is 12.0 Å². The molecule has 1 nitrogen and oxygen atoms in total. The smallest absolute Gasteiger partial charge is 0.0670 e. The minimum atomic E-state index is 0.260. The van der Waals surface area contributed by atoms with Crippen LogP contribution in [0.25, 0.3) is 0 Å². The number of rotatable bonds is 3. The molecule has 0 spiro atoms. The zero-order chi connectivity index (χ0) is 9.15. The molecule has 0 bridgehead atoms. The summed E-state index contributed by atoms with van der Waals surface area (Å²) >= 11 is 1.62. The molecule has 1 aliphatic rings.